The topological polar surface area (TPSA) is 112 Å². The van der Waals surface area contributed by atoms with Crippen molar-refractivity contribution in [3.63, 3.8) is 0 Å². The van der Waals surface area contributed by atoms with Gasteiger partial charge in [-0.2, -0.15) is 0 Å². The first kappa shape index (κ1) is 28.3. The number of hydrogen-bond acceptors (Lipinski definition) is 8. The van der Waals surface area contributed by atoms with Gasteiger partial charge in [-0.15, -0.1) is 0 Å². The Morgan fingerprint density at radius 1 is 0.974 bits per heavy atom. The molecular formula is C28H34ClN7O3. The number of anilines is 4. The summed E-state index contributed by atoms with van der Waals surface area (Å²) in [6.45, 7) is 4.57. The van der Waals surface area contributed by atoms with Crippen LogP contribution in [0.15, 0.2) is 54.9 Å². The van der Waals surface area contributed by atoms with E-state index in [1.165, 1.54) is 6.20 Å². The molecule has 0 radical (unpaired) electrons. The Bertz CT molecular complexity index is 1260. The third kappa shape index (κ3) is 8.38. The first-order valence-corrected chi connectivity index (χ1v) is 13.3. The number of aromatic nitrogens is 2. The van der Waals surface area contributed by atoms with Crippen molar-refractivity contribution in [2.24, 2.45) is 0 Å². The summed E-state index contributed by atoms with van der Waals surface area (Å²) in [6.07, 6.45) is 5.27. The number of carbonyl (C=O) groups is 2. The van der Waals surface area contributed by atoms with E-state index in [4.69, 9.17) is 16.3 Å². The molecule has 3 aromatic rings. The first-order chi connectivity index (χ1) is 18.9. The van der Waals surface area contributed by atoms with E-state index in [0.717, 1.165) is 44.8 Å². The van der Waals surface area contributed by atoms with Crippen molar-refractivity contribution in [1.29, 1.82) is 0 Å². The molecule has 206 valence electrons. The van der Waals surface area contributed by atoms with Gasteiger partial charge >= 0.3 is 0 Å². The van der Waals surface area contributed by atoms with E-state index >= 15 is 0 Å². The van der Waals surface area contributed by atoms with E-state index < -0.39 is 0 Å². The first-order valence-electron chi connectivity index (χ1n) is 12.9. The van der Waals surface area contributed by atoms with E-state index in [-0.39, 0.29) is 11.8 Å². The molecule has 1 aliphatic rings. The highest BCUT2D eigenvalue weighted by molar-refractivity contribution is 6.34. The van der Waals surface area contributed by atoms with E-state index in [2.05, 4.69) is 49.8 Å². The summed E-state index contributed by atoms with van der Waals surface area (Å²) in [6, 6.07) is 11.8. The molecule has 1 fully saturated rings. The van der Waals surface area contributed by atoms with Gasteiger partial charge in [0.05, 0.1) is 29.5 Å². The smallest absolute Gasteiger partial charge is 0.257 e. The van der Waals surface area contributed by atoms with Crippen LogP contribution in [0.25, 0.3) is 0 Å². The minimum absolute atomic E-state index is 0.291. The quantitative estimate of drug-likeness (QED) is 0.304. The Balaban J connectivity index is 1.34. The zero-order valence-corrected chi connectivity index (χ0v) is 23.0. The van der Waals surface area contributed by atoms with Crippen molar-refractivity contribution < 1.29 is 14.3 Å². The molecule has 0 spiro atoms. The van der Waals surface area contributed by atoms with Crippen LogP contribution in [-0.2, 0) is 4.74 Å². The molecule has 1 aliphatic heterocycles. The number of halogens is 1. The minimum atomic E-state index is -0.352. The molecule has 2 amide bonds. The van der Waals surface area contributed by atoms with Gasteiger partial charge in [0.2, 0.25) is 0 Å². The Hall–Kier alpha value is -3.73. The van der Waals surface area contributed by atoms with Gasteiger partial charge in [-0.3, -0.25) is 9.59 Å². The summed E-state index contributed by atoms with van der Waals surface area (Å²) in [5.74, 6) is 0.802. The lowest BCUT2D eigenvalue weighted by Crippen LogP contribution is -2.36. The van der Waals surface area contributed by atoms with Gasteiger partial charge < -0.3 is 30.5 Å². The van der Waals surface area contributed by atoms with E-state index in [0.29, 0.717) is 46.6 Å². The Morgan fingerprint density at radius 3 is 2.51 bits per heavy atom. The van der Waals surface area contributed by atoms with Gasteiger partial charge in [0.1, 0.15) is 11.6 Å². The highest BCUT2D eigenvalue weighted by Gasteiger charge is 2.16. The number of hydrogen-bond donors (Lipinski definition) is 3. The molecule has 0 unspecified atom stereocenters. The number of rotatable bonds is 11. The maximum absolute atomic E-state index is 12.9. The lowest BCUT2D eigenvalue weighted by Gasteiger charge is -2.27. The van der Waals surface area contributed by atoms with Crippen molar-refractivity contribution in [3.8, 4) is 0 Å². The molecule has 0 aliphatic carbocycles. The van der Waals surface area contributed by atoms with Crippen molar-refractivity contribution in [1.82, 2.24) is 14.9 Å². The van der Waals surface area contributed by atoms with Crippen LogP contribution in [-0.4, -0.2) is 80.2 Å². The number of unbranched alkanes of at least 4 members (excludes halogenated alkanes) is 1. The number of nitrogens with one attached hydrogen (secondary N) is 3. The van der Waals surface area contributed by atoms with Crippen LogP contribution in [0.3, 0.4) is 0 Å². The minimum Gasteiger partial charge on any atom is -0.378 e. The average molecular weight is 552 g/mol. The van der Waals surface area contributed by atoms with Crippen LogP contribution >= 0.6 is 11.6 Å². The highest BCUT2D eigenvalue weighted by atomic mass is 35.5. The van der Waals surface area contributed by atoms with Crippen LogP contribution in [0.4, 0.5) is 23.0 Å². The second-order valence-electron chi connectivity index (χ2n) is 9.47. The van der Waals surface area contributed by atoms with Crippen LogP contribution in [0.2, 0.25) is 5.02 Å². The summed E-state index contributed by atoms with van der Waals surface area (Å²) >= 11 is 6.34. The maximum atomic E-state index is 12.9. The molecule has 3 N–H and O–H groups in total. The molecule has 0 bridgehead atoms. The summed E-state index contributed by atoms with van der Waals surface area (Å²) in [5, 5.41) is 9.29. The lowest BCUT2D eigenvalue weighted by molar-refractivity contribution is 0.101. The number of carbonyl (C=O) groups excluding carboxylic acids is 2. The van der Waals surface area contributed by atoms with Gasteiger partial charge in [-0.25, -0.2) is 9.97 Å². The SMILES string of the molecule is CN(C)CCCCNc1ccc(C(=O)Nc2cc(NC(=O)c3ccnc(N4CCOCC4)c3)ccc2Cl)cn1. The molecule has 1 aromatic carbocycles. The van der Waals surface area contributed by atoms with Crippen molar-refractivity contribution in [2.45, 2.75) is 12.8 Å². The second kappa shape index (κ2) is 13.9. The number of pyridine rings is 2. The zero-order chi connectivity index (χ0) is 27.6. The predicted octanol–water partition coefficient (Wildman–Crippen LogP) is 4.22. The average Bonchev–Trinajstić information content (AvgIpc) is 2.95. The van der Waals surface area contributed by atoms with Gasteiger partial charge in [0.25, 0.3) is 11.8 Å². The Kier molecular flexibility index (Phi) is 10.1. The molecule has 1 saturated heterocycles. The molecule has 4 rings (SSSR count). The number of amides is 2. The fourth-order valence-electron chi connectivity index (χ4n) is 4.02. The lowest BCUT2D eigenvalue weighted by atomic mass is 10.2. The van der Waals surface area contributed by atoms with Crippen LogP contribution < -0.4 is 20.9 Å². The third-order valence-corrected chi connectivity index (χ3v) is 6.51. The molecule has 2 aromatic heterocycles. The molecule has 0 saturated carbocycles. The molecule has 0 atom stereocenters. The number of ether oxygens (including phenoxy) is 1. The van der Waals surface area contributed by atoms with Gasteiger partial charge in [-0.05, 0) is 75.9 Å². The Morgan fingerprint density at radius 2 is 1.77 bits per heavy atom. The summed E-state index contributed by atoms with van der Waals surface area (Å²) in [4.78, 5) is 38.8. The molecule has 39 heavy (non-hydrogen) atoms. The van der Waals surface area contributed by atoms with Crippen LogP contribution in [0.5, 0.6) is 0 Å². The second-order valence-corrected chi connectivity index (χ2v) is 9.88. The van der Waals surface area contributed by atoms with Gasteiger partial charge in [-0.1, -0.05) is 11.6 Å². The number of benzene rings is 1. The molecule has 10 nitrogen and oxygen atoms in total. The van der Waals surface area contributed by atoms with Gasteiger partial charge in [0.15, 0.2) is 0 Å². The van der Waals surface area contributed by atoms with Crippen LogP contribution in [0, 0.1) is 0 Å². The maximum Gasteiger partial charge on any atom is 0.257 e. The number of nitrogens with zero attached hydrogens (tertiary/aromatic N) is 4. The monoisotopic (exact) mass is 551 g/mol. The standard InChI is InChI=1S/C28H34ClN7O3/c1-35(2)12-4-3-10-30-25-8-5-21(19-32-25)28(38)34-24-18-22(6-7-23(24)29)33-27(37)20-9-11-31-26(17-20)36-13-15-39-16-14-36/h5-9,11,17-19H,3-4,10,12-16H2,1-2H3,(H,30,32)(H,33,37)(H,34,38). The summed E-state index contributed by atoms with van der Waals surface area (Å²) < 4.78 is 5.39. The van der Waals surface area contributed by atoms with Crippen molar-refractivity contribution in [2.75, 3.05) is 74.3 Å². The third-order valence-electron chi connectivity index (χ3n) is 6.18. The van der Waals surface area contributed by atoms with E-state index in [1.54, 1.807) is 48.7 Å². The summed E-state index contributed by atoms with van der Waals surface area (Å²) in [7, 11) is 4.12. The fourth-order valence-corrected chi connectivity index (χ4v) is 4.19. The Labute approximate surface area is 233 Å². The number of morpholine rings is 1. The normalized spacial score (nSPS) is 13.3. The zero-order valence-electron chi connectivity index (χ0n) is 22.2. The van der Waals surface area contributed by atoms with E-state index in [9.17, 15) is 9.59 Å². The van der Waals surface area contributed by atoms with E-state index in [1.807, 2.05) is 0 Å². The summed E-state index contributed by atoms with van der Waals surface area (Å²) in [5.41, 5.74) is 1.75. The fraction of sp³-hybridized carbons (Fsp3) is 0.357. The van der Waals surface area contributed by atoms with Crippen LogP contribution in [0.1, 0.15) is 33.6 Å². The molecular weight excluding hydrogens is 518 g/mol. The van der Waals surface area contributed by atoms with Crippen molar-refractivity contribution in [3.05, 3.63) is 71.0 Å². The molecule has 3 heterocycles. The largest absolute Gasteiger partial charge is 0.378 e. The highest BCUT2D eigenvalue weighted by Crippen LogP contribution is 2.27. The van der Waals surface area contributed by atoms with Gasteiger partial charge in [0, 0.05) is 43.3 Å². The molecule has 11 heteroatoms. The predicted molar refractivity (Wildman–Crippen MR) is 155 cm³/mol. The van der Waals surface area contributed by atoms with Crippen molar-refractivity contribution >= 4 is 46.4 Å².